The molecule has 17 heteroatoms. The Kier molecular flexibility index (Phi) is 18.2. The molecule has 60 heavy (non-hydrogen) atoms. The monoisotopic (exact) mass is 1700 g/mol. The molecule has 2 aliphatic heterocycles. The fraction of sp³-hybridized carbons (Fsp3) is 0.860. The summed E-state index contributed by atoms with van der Waals surface area (Å²) in [4.78, 5) is 27.4. The molecular formula is C43H66Ac4O13. The maximum Gasteiger partial charge on any atom is 0.174 e. The van der Waals surface area contributed by atoms with E-state index in [0.717, 1.165) is 0 Å². The Morgan fingerprint density at radius 1 is 0.550 bits per heavy atom. The van der Waals surface area contributed by atoms with Gasteiger partial charge in [0, 0.05) is 224 Å². The van der Waals surface area contributed by atoms with Crippen LogP contribution in [0.15, 0.2) is 22.3 Å². The van der Waals surface area contributed by atoms with Crippen molar-refractivity contribution in [3.63, 3.8) is 0 Å². The molecule has 0 aromatic carbocycles. The minimum absolute atomic E-state index is 0. The quantitative estimate of drug-likeness (QED) is 0.155. The molecule has 0 amide bonds. The molecular weight excluding hydrogens is 1630 g/mol. The Morgan fingerprint density at radius 2 is 0.883 bits per heavy atom. The van der Waals surface area contributed by atoms with E-state index in [1.807, 2.05) is 34.6 Å². The van der Waals surface area contributed by atoms with E-state index >= 15 is 0 Å². The predicted molar refractivity (Wildman–Crippen MR) is 201 cm³/mol. The topological polar surface area (TPSA) is 235 Å². The zero-order valence-corrected chi connectivity index (χ0v) is 56.1. The van der Waals surface area contributed by atoms with E-state index < -0.39 is 110 Å². The van der Waals surface area contributed by atoms with Crippen LogP contribution < -0.4 is 0 Å². The van der Waals surface area contributed by atoms with Gasteiger partial charge in [0.2, 0.25) is 0 Å². The number of aliphatic hydroxyl groups is 9. The average Bonchev–Trinajstić information content (AvgIpc) is 3.10. The van der Waals surface area contributed by atoms with Gasteiger partial charge in [-0.1, -0.05) is 55.4 Å². The van der Waals surface area contributed by atoms with Crippen LogP contribution >= 0.6 is 0 Å². The summed E-state index contributed by atoms with van der Waals surface area (Å²) < 4.78 is 11.1. The van der Waals surface area contributed by atoms with Gasteiger partial charge in [0.25, 0.3) is 0 Å². The molecule has 2 heterocycles. The molecule has 8 rings (SSSR count). The van der Waals surface area contributed by atoms with Crippen LogP contribution in [0.4, 0.5) is 0 Å². The predicted octanol–water partition coefficient (Wildman–Crippen LogP) is 1.12. The van der Waals surface area contributed by atoms with Crippen molar-refractivity contribution in [2.45, 2.75) is 167 Å². The Hall–Kier alpha value is 4.15. The van der Waals surface area contributed by atoms with Crippen LogP contribution in [0, 0.1) is 227 Å². The number of Topliss-reactive ketones (excluding diaryl/α,β-unsaturated/α-hetero) is 2. The first-order chi connectivity index (χ1) is 25.5. The van der Waals surface area contributed by atoms with Crippen molar-refractivity contribution in [3.8, 4) is 0 Å². The number of carbonyl (C=O) groups excluding carboxylic acids is 2. The molecule has 4 radical (unpaired) electrons. The fourth-order valence-electron chi connectivity index (χ4n) is 14.3. The van der Waals surface area contributed by atoms with Gasteiger partial charge in [0.15, 0.2) is 11.6 Å². The summed E-state index contributed by atoms with van der Waals surface area (Å²) in [6.07, 6.45) is -6.27. The van der Waals surface area contributed by atoms with Crippen molar-refractivity contribution in [2.75, 3.05) is 13.2 Å². The third-order valence-electron chi connectivity index (χ3n) is 18.2. The molecule has 2 saturated heterocycles. The molecule has 328 valence electrons. The van der Waals surface area contributed by atoms with Crippen LogP contribution in [0.25, 0.3) is 0 Å². The third-order valence-corrected chi connectivity index (χ3v) is 18.2. The van der Waals surface area contributed by atoms with Crippen molar-refractivity contribution in [1.82, 2.24) is 0 Å². The van der Waals surface area contributed by atoms with Gasteiger partial charge in [-0.05, 0) is 67.2 Å². The van der Waals surface area contributed by atoms with Gasteiger partial charge < -0.3 is 55.4 Å². The standard InChI is InChI=1S/C22H34O6.C21H32O7.4Ac/c1-10-7-14-21(26,9-28-14)17-12(3)22(27)8-13(23)11(2)15(19(22,4)5)16(24)18(25)20(10,17)6;1-9-11(22)7-21(27)10(2)16-19(5,12(23)6-13-20(16,26)8-28-13)17(25)15(24)14(9)18(21,3)4;;;;/h10,12-14,16-17,23-24,26-27H,7-9H2,1-6H3;10-13,15-16,22-24,26-27H,6-8H2,1-5H3;;;;/t10?,12?,13?,14?,16?,17?,20-,21+,22?;10?,11?,12?,13?,15?,16?,19-,20+,21?;;;;/m11..../s1. The van der Waals surface area contributed by atoms with Crippen LogP contribution in [0.3, 0.4) is 0 Å². The fourth-order valence-corrected chi connectivity index (χ4v) is 14.3. The largest absolute Gasteiger partial charge is 0.392 e. The van der Waals surface area contributed by atoms with Crippen molar-refractivity contribution >= 4 is 11.6 Å². The summed E-state index contributed by atoms with van der Waals surface area (Å²) in [6, 6.07) is 0. The first kappa shape index (κ1) is 58.5. The third kappa shape index (κ3) is 7.49. The number of aliphatic hydroxyl groups excluding tert-OH is 5. The van der Waals surface area contributed by atoms with Gasteiger partial charge in [0.1, 0.15) is 23.4 Å². The molecule has 8 aliphatic rings. The summed E-state index contributed by atoms with van der Waals surface area (Å²) in [5.74, 6) is -3.57. The van der Waals surface area contributed by atoms with E-state index in [2.05, 4.69) is 0 Å². The second-order valence-corrected chi connectivity index (χ2v) is 20.8. The Morgan fingerprint density at radius 3 is 1.23 bits per heavy atom. The van der Waals surface area contributed by atoms with E-state index in [1.165, 1.54) is 0 Å². The molecule has 9 N–H and O–H groups in total. The molecule has 6 aliphatic carbocycles. The van der Waals surface area contributed by atoms with Crippen molar-refractivity contribution in [1.29, 1.82) is 0 Å². The normalized spacial score (nSPS) is 51.9. The number of ether oxygens (including phenoxy) is 2. The summed E-state index contributed by atoms with van der Waals surface area (Å²) in [6.45, 7) is 19.8. The van der Waals surface area contributed by atoms with Gasteiger partial charge in [-0.15, -0.1) is 0 Å². The molecule has 18 atom stereocenters. The Labute approximate surface area is 498 Å². The zero-order chi connectivity index (χ0) is 42.0. The van der Waals surface area contributed by atoms with Gasteiger partial charge in [-0.2, -0.15) is 0 Å². The van der Waals surface area contributed by atoms with E-state index in [0.29, 0.717) is 28.7 Å². The zero-order valence-electron chi connectivity index (χ0n) is 37.1. The second-order valence-electron chi connectivity index (χ2n) is 20.8. The van der Waals surface area contributed by atoms with Gasteiger partial charge in [-0.25, -0.2) is 0 Å². The van der Waals surface area contributed by atoms with Crippen molar-refractivity contribution in [2.24, 2.45) is 51.2 Å². The maximum atomic E-state index is 13.8. The molecule has 0 aromatic rings. The minimum Gasteiger partial charge on any atom is -0.392 e. The van der Waals surface area contributed by atoms with Crippen LogP contribution in [0.2, 0.25) is 0 Å². The first-order valence-corrected chi connectivity index (χ1v) is 20.5. The number of fused-ring (bicyclic) bond motifs is 10. The SMILES string of the molecule is CC1=C2C(O)C(=O)[C@]3(C)C(C)CC4OC[C@@]4(O)C3C(C)C(O)(CC1O)C2(C)C.CC1=C2C(O)C(=O)[C@]3(C)C(O)CC4OC[C@@]4(O)C3C(C)C(O)(CC1O)C2(C)C.[Ac].[Ac].[Ac].[Ac]. The number of hydrogen-bond donors (Lipinski definition) is 9. The van der Waals surface area contributed by atoms with Crippen molar-refractivity contribution < 1.29 is 241 Å². The summed E-state index contributed by atoms with van der Waals surface area (Å²) in [5, 5.41) is 102. The molecule has 14 unspecified atom stereocenters. The molecule has 4 saturated carbocycles. The maximum absolute atomic E-state index is 13.8. The van der Waals surface area contributed by atoms with Crippen LogP contribution in [0.5, 0.6) is 0 Å². The van der Waals surface area contributed by atoms with Gasteiger partial charge in [0.05, 0.1) is 60.4 Å². The first-order valence-electron chi connectivity index (χ1n) is 20.5. The average molecular weight is 1700 g/mol. The number of rotatable bonds is 0. The second kappa shape index (κ2) is 18.7. The van der Waals surface area contributed by atoms with E-state index in [1.54, 1.807) is 41.5 Å². The Bertz CT molecular complexity index is 1670. The van der Waals surface area contributed by atoms with Crippen LogP contribution in [-0.4, -0.2) is 136 Å². The molecule has 6 fully saturated rings. The van der Waals surface area contributed by atoms with Crippen molar-refractivity contribution in [3.05, 3.63) is 22.3 Å². The van der Waals surface area contributed by atoms with E-state index in [4.69, 9.17) is 9.47 Å². The molecule has 0 spiro atoms. The minimum atomic E-state index is -1.58. The summed E-state index contributed by atoms with van der Waals surface area (Å²) >= 11 is 0. The van der Waals surface area contributed by atoms with E-state index in [-0.39, 0.29) is 227 Å². The summed E-state index contributed by atoms with van der Waals surface area (Å²) in [5.41, 5.74) is -8.09. The van der Waals surface area contributed by atoms with Gasteiger partial charge in [-0.3, -0.25) is 9.59 Å². The Balaban J connectivity index is 0.000000300. The molecule has 13 nitrogen and oxygen atoms in total. The van der Waals surface area contributed by atoms with Crippen LogP contribution in [0.1, 0.15) is 102 Å². The van der Waals surface area contributed by atoms with E-state index in [9.17, 15) is 55.5 Å². The van der Waals surface area contributed by atoms with Crippen LogP contribution in [-0.2, 0) is 19.1 Å². The molecule has 4 bridgehead atoms. The number of carbonyl (C=O) groups is 2. The number of ketones is 2. The smallest absolute Gasteiger partial charge is 0.174 e. The molecule has 0 aromatic heterocycles. The van der Waals surface area contributed by atoms with Gasteiger partial charge >= 0.3 is 0 Å². The number of hydrogen-bond acceptors (Lipinski definition) is 13. The summed E-state index contributed by atoms with van der Waals surface area (Å²) in [7, 11) is 0.